The molecule has 1 aromatic rings. The predicted octanol–water partition coefficient (Wildman–Crippen LogP) is 2.82. The molecule has 1 saturated heterocycles. The van der Waals surface area contributed by atoms with Gasteiger partial charge in [-0.15, -0.1) is 0 Å². The minimum Gasteiger partial charge on any atom is -0.496 e. The number of nitrogens with zero attached hydrogens (tertiary/aromatic N) is 1. The van der Waals surface area contributed by atoms with Gasteiger partial charge >= 0.3 is 0 Å². The summed E-state index contributed by atoms with van der Waals surface area (Å²) in [5.74, 6) is 0.999. The number of hydrogen-bond donors (Lipinski definition) is 1. The molecule has 0 aromatic heterocycles. The average Bonchev–Trinajstić information content (AvgIpc) is 2.63. The van der Waals surface area contributed by atoms with Crippen LogP contribution in [0.1, 0.15) is 24.5 Å². The second-order valence-corrected chi connectivity index (χ2v) is 5.45. The summed E-state index contributed by atoms with van der Waals surface area (Å²) < 4.78 is 5.47. The van der Waals surface area contributed by atoms with Crippen molar-refractivity contribution in [3.63, 3.8) is 0 Å². The molecule has 3 nitrogen and oxygen atoms in total. The van der Waals surface area contributed by atoms with Crippen LogP contribution in [-0.2, 0) is 0 Å². The summed E-state index contributed by atoms with van der Waals surface area (Å²) in [5, 5.41) is 3.65. The molecule has 0 spiro atoms. The second kappa shape index (κ2) is 5.19. The van der Waals surface area contributed by atoms with Crippen LogP contribution in [0, 0.1) is 13.8 Å². The van der Waals surface area contributed by atoms with E-state index < -0.39 is 0 Å². The fourth-order valence-corrected chi connectivity index (χ4v) is 2.82. The van der Waals surface area contributed by atoms with Crippen LogP contribution in [0.4, 0.5) is 5.69 Å². The first-order chi connectivity index (χ1) is 8.52. The van der Waals surface area contributed by atoms with Gasteiger partial charge in [-0.1, -0.05) is 6.07 Å². The van der Waals surface area contributed by atoms with Crippen LogP contribution >= 0.6 is 0 Å². The summed E-state index contributed by atoms with van der Waals surface area (Å²) in [6, 6.07) is 5.48. The Bertz CT molecular complexity index is 421. The number of benzene rings is 1. The Labute approximate surface area is 110 Å². The van der Waals surface area contributed by atoms with Gasteiger partial charge in [-0.25, -0.2) is 0 Å². The van der Waals surface area contributed by atoms with Gasteiger partial charge in [0.2, 0.25) is 0 Å². The fourth-order valence-electron chi connectivity index (χ4n) is 2.82. The Hall–Kier alpha value is -1.22. The molecule has 1 N–H and O–H groups in total. The number of likely N-dealkylation sites (N-methyl/N-ethyl adjacent to an activating group) is 1. The first-order valence-corrected chi connectivity index (χ1v) is 6.64. The quantitative estimate of drug-likeness (QED) is 0.890. The van der Waals surface area contributed by atoms with Gasteiger partial charge in [0.1, 0.15) is 5.75 Å². The molecule has 0 bridgehead atoms. The van der Waals surface area contributed by atoms with Crippen LogP contribution in [0.2, 0.25) is 0 Å². The maximum Gasteiger partial charge on any atom is 0.126 e. The van der Waals surface area contributed by atoms with E-state index in [2.05, 4.69) is 50.2 Å². The zero-order valence-electron chi connectivity index (χ0n) is 12.1. The molecule has 1 fully saturated rings. The third kappa shape index (κ3) is 2.46. The summed E-state index contributed by atoms with van der Waals surface area (Å²) in [5.41, 5.74) is 3.60. The molecule has 18 heavy (non-hydrogen) atoms. The number of methoxy groups -OCH3 is 1. The summed E-state index contributed by atoms with van der Waals surface area (Å²) in [6.45, 7) is 7.60. The molecule has 100 valence electrons. The topological polar surface area (TPSA) is 24.5 Å². The molecule has 1 heterocycles. The largest absolute Gasteiger partial charge is 0.496 e. The maximum absolute atomic E-state index is 5.47. The minimum atomic E-state index is 0.538. The van der Waals surface area contributed by atoms with E-state index in [4.69, 9.17) is 4.74 Å². The molecule has 0 radical (unpaired) electrons. The number of nitrogens with one attached hydrogen (secondary N) is 1. The third-order valence-corrected chi connectivity index (χ3v) is 4.05. The van der Waals surface area contributed by atoms with Gasteiger partial charge in [-0.2, -0.15) is 0 Å². The minimum absolute atomic E-state index is 0.538. The number of ether oxygens (including phenoxy) is 1. The smallest absolute Gasteiger partial charge is 0.126 e. The van der Waals surface area contributed by atoms with Gasteiger partial charge in [0, 0.05) is 29.9 Å². The molecule has 1 aromatic carbocycles. The molecular weight excluding hydrogens is 224 g/mol. The number of anilines is 1. The van der Waals surface area contributed by atoms with E-state index in [1.807, 2.05) is 0 Å². The van der Waals surface area contributed by atoms with E-state index in [0.717, 1.165) is 12.3 Å². The lowest BCUT2D eigenvalue weighted by Gasteiger charge is -2.18. The molecule has 1 aliphatic heterocycles. The van der Waals surface area contributed by atoms with Crippen molar-refractivity contribution < 1.29 is 4.74 Å². The molecule has 0 aliphatic carbocycles. The molecule has 0 saturated carbocycles. The first kappa shape index (κ1) is 13.2. The van der Waals surface area contributed by atoms with Gasteiger partial charge in [0.25, 0.3) is 0 Å². The van der Waals surface area contributed by atoms with Gasteiger partial charge < -0.3 is 15.0 Å². The number of rotatable bonds is 3. The summed E-state index contributed by atoms with van der Waals surface area (Å²) in [4.78, 5) is 2.40. The Balaban J connectivity index is 2.15. The van der Waals surface area contributed by atoms with Crippen molar-refractivity contribution in [1.82, 2.24) is 4.90 Å². The highest BCUT2D eigenvalue weighted by Crippen LogP contribution is 2.30. The standard InChI is InChI=1S/C15H24N2O/c1-10-6-7-14(12(3)15(10)18-5)16-13-8-11(2)17(4)9-13/h6-7,11,13,16H,8-9H2,1-5H3. The Morgan fingerprint density at radius 3 is 2.61 bits per heavy atom. The average molecular weight is 248 g/mol. The monoisotopic (exact) mass is 248 g/mol. The lowest BCUT2D eigenvalue weighted by Crippen LogP contribution is -2.25. The highest BCUT2D eigenvalue weighted by Gasteiger charge is 2.26. The van der Waals surface area contributed by atoms with E-state index in [0.29, 0.717) is 12.1 Å². The van der Waals surface area contributed by atoms with E-state index in [1.165, 1.54) is 23.2 Å². The van der Waals surface area contributed by atoms with Crippen molar-refractivity contribution >= 4 is 5.69 Å². The van der Waals surface area contributed by atoms with E-state index >= 15 is 0 Å². The summed E-state index contributed by atoms with van der Waals surface area (Å²) in [6.07, 6.45) is 1.20. The third-order valence-electron chi connectivity index (χ3n) is 4.05. The maximum atomic E-state index is 5.47. The van der Waals surface area contributed by atoms with Crippen LogP contribution in [0.3, 0.4) is 0 Å². The normalized spacial score (nSPS) is 24.3. The van der Waals surface area contributed by atoms with E-state index in [1.54, 1.807) is 7.11 Å². The van der Waals surface area contributed by atoms with Gasteiger partial charge in [0.05, 0.1) is 7.11 Å². The second-order valence-electron chi connectivity index (χ2n) is 5.45. The van der Waals surface area contributed by atoms with Crippen LogP contribution in [0.15, 0.2) is 12.1 Å². The molecule has 1 aliphatic rings. The lowest BCUT2D eigenvalue weighted by atomic mass is 10.1. The Morgan fingerprint density at radius 1 is 1.33 bits per heavy atom. The highest BCUT2D eigenvalue weighted by atomic mass is 16.5. The van der Waals surface area contributed by atoms with Crippen LogP contribution in [0.5, 0.6) is 5.75 Å². The molecule has 2 rings (SSSR count). The van der Waals surface area contributed by atoms with Crippen molar-refractivity contribution in [2.75, 3.05) is 26.0 Å². The van der Waals surface area contributed by atoms with Crippen LogP contribution in [0.25, 0.3) is 0 Å². The highest BCUT2D eigenvalue weighted by molar-refractivity contribution is 5.60. The van der Waals surface area contributed by atoms with Crippen LogP contribution in [-0.4, -0.2) is 37.7 Å². The van der Waals surface area contributed by atoms with Crippen molar-refractivity contribution in [3.8, 4) is 5.75 Å². The van der Waals surface area contributed by atoms with Crippen molar-refractivity contribution in [3.05, 3.63) is 23.3 Å². The molecule has 3 heteroatoms. The van der Waals surface area contributed by atoms with E-state index in [-0.39, 0.29) is 0 Å². The number of likely N-dealkylation sites (tertiary alicyclic amines) is 1. The number of aryl methyl sites for hydroxylation is 1. The zero-order chi connectivity index (χ0) is 13.3. The van der Waals surface area contributed by atoms with Crippen LogP contribution < -0.4 is 10.1 Å². The van der Waals surface area contributed by atoms with Crippen molar-refractivity contribution in [2.24, 2.45) is 0 Å². The number of hydrogen-bond acceptors (Lipinski definition) is 3. The van der Waals surface area contributed by atoms with Gasteiger partial charge in [0.15, 0.2) is 0 Å². The molecule has 2 unspecified atom stereocenters. The van der Waals surface area contributed by atoms with Crippen molar-refractivity contribution in [2.45, 2.75) is 39.3 Å². The Morgan fingerprint density at radius 2 is 2.06 bits per heavy atom. The SMILES string of the molecule is COc1c(C)ccc(NC2CC(C)N(C)C2)c1C. The Kier molecular flexibility index (Phi) is 3.81. The van der Waals surface area contributed by atoms with Gasteiger partial charge in [-0.3, -0.25) is 0 Å². The first-order valence-electron chi connectivity index (χ1n) is 6.64. The van der Waals surface area contributed by atoms with Gasteiger partial charge in [-0.05, 0) is 45.9 Å². The summed E-state index contributed by atoms with van der Waals surface area (Å²) in [7, 11) is 3.93. The fraction of sp³-hybridized carbons (Fsp3) is 0.600. The lowest BCUT2D eigenvalue weighted by molar-refractivity contribution is 0.330. The molecule has 2 atom stereocenters. The summed E-state index contributed by atoms with van der Waals surface area (Å²) >= 11 is 0. The molecule has 0 amide bonds. The zero-order valence-corrected chi connectivity index (χ0v) is 12.1. The van der Waals surface area contributed by atoms with E-state index in [9.17, 15) is 0 Å². The molecular formula is C15H24N2O. The predicted molar refractivity (Wildman–Crippen MR) is 76.6 cm³/mol. The van der Waals surface area contributed by atoms with Crippen molar-refractivity contribution in [1.29, 1.82) is 0 Å².